The SMILES string of the molecule is N#Cc1c(N)n[nH]c1CCCNc1cnn(Cc2ccccc2)c(=O)c1Cl. The topological polar surface area (TPSA) is 125 Å². The summed E-state index contributed by atoms with van der Waals surface area (Å²) in [4.78, 5) is 12.4. The number of rotatable bonds is 7. The second kappa shape index (κ2) is 8.38. The summed E-state index contributed by atoms with van der Waals surface area (Å²) in [6.07, 6.45) is 2.83. The van der Waals surface area contributed by atoms with E-state index in [-0.39, 0.29) is 16.4 Å². The molecule has 0 spiro atoms. The van der Waals surface area contributed by atoms with Gasteiger partial charge in [0.1, 0.15) is 16.7 Å². The van der Waals surface area contributed by atoms with Crippen LogP contribution in [-0.2, 0) is 13.0 Å². The molecule has 8 nitrogen and oxygen atoms in total. The summed E-state index contributed by atoms with van der Waals surface area (Å²) in [5.41, 5.74) is 7.78. The largest absolute Gasteiger partial charge is 0.382 e. The zero-order chi connectivity index (χ0) is 19.2. The van der Waals surface area contributed by atoms with E-state index in [2.05, 4.69) is 20.6 Å². The quantitative estimate of drug-likeness (QED) is 0.537. The van der Waals surface area contributed by atoms with E-state index in [0.29, 0.717) is 42.9 Å². The Balaban J connectivity index is 1.60. The maximum atomic E-state index is 12.4. The van der Waals surface area contributed by atoms with Crippen LogP contribution in [0.25, 0.3) is 0 Å². The molecular weight excluding hydrogens is 366 g/mol. The van der Waals surface area contributed by atoms with Crippen LogP contribution >= 0.6 is 11.6 Å². The number of nitrogens with one attached hydrogen (secondary N) is 2. The highest BCUT2D eigenvalue weighted by atomic mass is 35.5. The molecular formula is C18H18ClN7O. The van der Waals surface area contributed by atoms with Gasteiger partial charge in [0.05, 0.1) is 24.1 Å². The van der Waals surface area contributed by atoms with Crippen LogP contribution in [0, 0.1) is 11.3 Å². The standard InChI is InChI=1S/C18H18ClN7O/c19-16-15(22-8-4-7-14-13(9-20)17(21)25-24-14)10-23-26(18(16)27)11-12-5-2-1-3-6-12/h1-3,5-6,10,22H,4,7-8,11H2,(H3,21,24,25). The Morgan fingerprint density at radius 1 is 1.33 bits per heavy atom. The average molecular weight is 384 g/mol. The Hall–Kier alpha value is -3.31. The number of aromatic amines is 1. The highest BCUT2D eigenvalue weighted by molar-refractivity contribution is 6.32. The third-order valence-corrected chi connectivity index (χ3v) is 4.43. The molecule has 1 aromatic carbocycles. The molecule has 2 aromatic heterocycles. The van der Waals surface area contributed by atoms with Gasteiger partial charge < -0.3 is 11.1 Å². The zero-order valence-corrected chi connectivity index (χ0v) is 15.2. The summed E-state index contributed by atoms with van der Waals surface area (Å²) in [5, 5.41) is 23.0. The van der Waals surface area contributed by atoms with Gasteiger partial charge in [0.15, 0.2) is 5.82 Å². The Bertz CT molecular complexity index is 1020. The minimum atomic E-state index is -0.348. The summed E-state index contributed by atoms with van der Waals surface area (Å²) < 4.78 is 1.33. The average Bonchev–Trinajstić information content (AvgIpc) is 3.04. The molecule has 0 saturated carbocycles. The lowest BCUT2D eigenvalue weighted by molar-refractivity contribution is 0.639. The number of hydrogen-bond acceptors (Lipinski definition) is 6. The van der Waals surface area contributed by atoms with E-state index >= 15 is 0 Å². The fourth-order valence-corrected chi connectivity index (χ4v) is 2.86. The molecule has 0 amide bonds. The molecule has 0 aliphatic rings. The van der Waals surface area contributed by atoms with Crippen molar-refractivity contribution in [3.05, 3.63) is 68.7 Å². The third-order valence-electron chi connectivity index (χ3n) is 4.06. The van der Waals surface area contributed by atoms with Crippen molar-refractivity contribution in [1.29, 1.82) is 5.26 Å². The second-order valence-electron chi connectivity index (χ2n) is 5.93. The molecule has 0 fully saturated rings. The van der Waals surface area contributed by atoms with Crippen LogP contribution in [0.1, 0.15) is 23.2 Å². The first-order valence-electron chi connectivity index (χ1n) is 8.36. The fourth-order valence-electron chi connectivity index (χ4n) is 2.65. The van der Waals surface area contributed by atoms with Gasteiger partial charge in [-0.15, -0.1) is 0 Å². The molecule has 27 heavy (non-hydrogen) atoms. The van der Waals surface area contributed by atoms with Crippen molar-refractivity contribution >= 4 is 23.1 Å². The van der Waals surface area contributed by atoms with Gasteiger partial charge in [-0.05, 0) is 18.4 Å². The van der Waals surface area contributed by atoms with Crippen LogP contribution < -0.4 is 16.6 Å². The van der Waals surface area contributed by atoms with Crippen molar-refractivity contribution in [3.8, 4) is 6.07 Å². The fraction of sp³-hybridized carbons (Fsp3) is 0.222. The van der Waals surface area contributed by atoms with Gasteiger partial charge >= 0.3 is 0 Å². The van der Waals surface area contributed by atoms with Crippen molar-refractivity contribution in [2.24, 2.45) is 0 Å². The first-order chi connectivity index (χ1) is 13.1. The predicted octanol–water partition coefficient (Wildman–Crippen LogP) is 2.17. The predicted molar refractivity (Wildman–Crippen MR) is 104 cm³/mol. The Morgan fingerprint density at radius 3 is 2.85 bits per heavy atom. The Kier molecular flexibility index (Phi) is 5.74. The summed E-state index contributed by atoms with van der Waals surface area (Å²) in [7, 11) is 0. The summed E-state index contributed by atoms with van der Waals surface area (Å²) in [6.45, 7) is 0.908. The van der Waals surface area contributed by atoms with Crippen LogP contribution in [0.3, 0.4) is 0 Å². The van der Waals surface area contributed by atoms with Crippen LogP contribution in [0.4, 0.5) is 11.5 Å². The van der Waals surface area contributed by atoms with E-state index in [1.807, 2.05) is 36.4 Å². The highest BCUT2D eigenvalue weighted by Crippen LogP contribution is 2.17. The summed E-state index contributed by atoms with van der Waals surface area (Å²) >= 11 is 6.20. The number of anilines is 2. The van der Waals surface area contributed by atoms with Crippen LogP contribution in [-0.4, -0.2) is 26.5 Å². The normalized spacial score (nSPS) is 10.5. The maximum absolute atomic E-state index is 12.4. The molecule has 0 radical (unpaired) electrons. The molecule has 9 heteroatoms. The van der Waals surface area contributed by atoms with E-state index in [1.165, 1.54) is 4.68 Å². The molecule has 3 rings (SSSR count). The molecule has 0 bridgehead atoms. The number of nitrogens with zero attached hydrogens (tertiary/aromatic N) is 4. The monoisotopic (exact) mass is 383 g/mol. The smallest absolute Gasteiger partial charge is 0.287 e. The van der Waals surface area contributed by atoms with Crippen LogP contribution in [0.5, 0.6) is 0 Å². The highest BCUT2D eigenvalue weighted by Gasteiger charge is 2.11. The molecule has 0 saturated heterocycles. The molecule has 2 heterocycles. The number of benzene rings is 1. The molecule has 4 N–H and O–H groups in total. The number of nitrogen functional groups attached to an aromatic ring is 1. The lowest BCUT2D eigenvalue weighted by atomic mass is 10.1. The maximum Gasteiger partial charge on any atom is 0.287 e. The van der Waals surface area contributed by atoms with Gasteiger partial charge in [0, 0.05) is 6.54 Å². The van der Waals surface area contributed by atoms with E-state index in [0.717, 1.165) is 5.56 Å². The van der Waals surface area contributed by atoms with Crippen molar-refractivity contribution in [2.75, 3.05) is 17.6 Å². The summed E-state index contributed by atoms with van der Waals surface area (Å²) in [6, 6.07) is 11.6. The van der Waals surface area contributed by atoms with Crippen LogP contribution in [0.2, 0.25) is 5.02 Å². The van der Waals surface area contributed by atoms with Gasteiger partial charge in [-0.3, -0.25) is 9.89 Å². The van der Waals surface area contributed by atoms with E-state index < -0.39 is 0 Å². The first-order valence-corrected chi connectivity index (χ1v) is 8.74. The van der Waals surface area contributed by atoms with E-state index in [1.54, 1.807) is 6.20 Å². The number of aromatic nitrogens is 4. The van der Waals surface area contributed by atoms with Crippen molar-refractivity contribution in [3.63, 3.8) is 0 Å². The molecule has 138 valence electrons. The zero-order valence-electron chi connectivity index (χ0n) is 14.4. The lowest BCUT2D eigenvalue weighted by Gasteiger charge is -2.10. The molecule has 0 aliphatic carbocycles. The van der Waals surface area contributed by atoms with Gasteiger partial charge in [-0.2, -0.15) is 15.5 Å². The van der Waals surface area contributed by atoms with E-state index in [4.69, 9.17) is 22.6 Å². The van der Waals surface area contributed by atoms with Crippen molar-refractivity contribution in [2.45, 2.75) is 19.4 Å². The number of H-pyrrole nitrogens is 1. The molecule has 3 aromatic rings. The third kappa shape index (κ3) is 4.27. The number of aryl methyl sites for hydroxylation is 1. The van der Waals surface area contributed by atoms with E-state index in [9.17, 15) is 4.79 Å². The Labute approximate surface area is 160 Å². The summed E-state index contributed by atoms with van der Waals surface area (Å²) in [5.74, 6) is 0.203. The number of nitrogens with two attached hydrogens (primary N) is 1. The minimum absolute atomic E-state index is 0.101. The molecule has 0 unspecified atom stereocenters. The van der Waals surface area contributed by atoms with Gasteiger partial charge in [0.2, 0.25) is 0 Å². The van der Waals surface area contributed by atoms with Gasteiger partial charge in [-0.25, -0.2) is 4.68 Å². The number of hydrogen-bond donors (Lipinski definition) is 3. The van der Waals surface area contributed by atoms with Crippen molar-refractivity contribution < 1.29 is 0 Å². The molecule has 0 aliphatic heterocycles. The first kappa shape index (κ1) is 18.5. The Morgan fingerprint density at radius 2 is 2.11 bits per heavy atom. The lowest BCUT2D eigenvalue weighted by Crippen LogP contribution is -2.25. The van der Waals surface area contributed by atoms with Crippen LogP contribution in [0.15, 0.2) is 41.3 Å². The minimum Gasteiger partial charge on any atom is -0.382 e. The van der Waals surface area contributed by atoms with Gasteiger partial charge in [-0.1, -0.05) is 41.9 Å². The number of halogens is 1. The molecule has 0 atom stereocenters. The van der Waals surface area contributed by atoms with Crippen molar-refractivity contribution in [1.82, 2.24) is 20.0 Å². The van der Waals surface area contributed by atoms with Gasteiger partial charge in [0.25, 0.3) is 5.56 Å². The second-order valence-corrected chi connectivity index (χ2v) is 6.30. The number of nitriles is 1.